The van der Waals surface area contributed by atoms with Crippen molar-refractivity contribution in [3.8, 4) is 0 Å². The highest BCUT2D eigenvalue weighted by Crippen LogP contribution is 2.35. The van der Waals surface area contributed by atoms with E-state index in [1.807, 2.05) is 28.8 Å². The second kappa shape index (κ2) is 4.94. The van der Waals surface area contributed by atoms with Crippen LogP contribution in [0.4, 0.5) is 5.69 Å². The average Bonchev–Trinajstić information content (AvgIpc) is 2.83. The Kier molecular flexibility index (Phi) is 3.31. The number of carbonyl (C=O) groups is 1. The first-order valence-corrected chi connectivity index (χ1v) is 7.50. The SMILES string of the molecule is C[C@@H]1CNC[C@H]1C(=O)N1CCSc2ccccc21. The van der Waals surface area contributed by atoms with Gasteiger partial charge in [0.2, 0.25) is 5.91 Å². The Bertz CT molecular complexity index is 463. The fraction of sp³-hybridized carbons (Fsp3) is 0.500. The lowest BCUT2D eigenvalue weighted by Crippen LogP contribution is -2.41. The number of nitrogens with one attached hydrogen (secondary N) is 1. The normalized spacial score (nSPS) is 27.1. The third-order valence-electron chi connectivity index (χ3n) is 3.83. The van der Waals surface area contributed by atoms with Crippen LogP contribution in [0.25, 0.3) is 0 Å². The highest BCUT2D eigenvalue weighted by molar-refractivity contribution is 7.99. The molecule has 0 saturated carbocycles. The molecule has 0 unspecified atom stereocenters. The van der Waals surface area contributed by atoms with Crippen LogP contribution in [0, 0.1) is 11.8 Å². The molecule has 18 heavy (non-hydrogen) atoms. The number of fused-ring (bicyclic) bond motifs is 1. The smallest absolute Gasteiger partial charge is 0.231 e. The number of anilines is 1. The van der Waals surface area contributed by atoms with Crippen LogP contribution in [-0.2, 0) is 4.79 Å². The average molecular weight is 262 g/mol. The molecule has 1 N–H and O–H groups in total. The van der Waals surface area contributed by atoms with Crippen molar-refractivity contribution in [3.05, 3.63) is 24.3 Å². The minimum Gasteiger partial charge on any atom is -0.316 e. The summed E-state index contributed by atoms with van der Waals surface area (Å²) >= 11 is 1.84. The molecule has 0 aliphatic carbocycles. The zero-order chi connectivity index (χ0) is 12.5. The first-order valence-electron chi connectivity index (χ1n) is 6.51. The lowest BCUT2D eigenvalue weighted by atomic mass is 9.96. The Balaban J connectivity index is 1.87. The number of hydrogen-bond donors (Lipinski definition) is 1. The van der Waals surface area contributed by atoms with Gasteiger partial charge in [0.05, 0.1) is 11.6 Å². The first kappa shape index (κ1) is 12.1. The molecule has 2 aliphatic heterocycles. The number of amides is 1. The molecule has 96 valence electrons. The van der Waals surface area contributed by atoms with E-state index in [1.165, 1.54) is 4.90 Å². The van der Waals surface area contributed by atoms with Crippen LogP contribution < -0.4 is 10.2 Å². The van der Waals surface area contributed by atoms with Crippen molar-refractivity contribution in [1.29, 1.82) is 0 Å². The summed E-state index contributed by atoms with van der Waals surface area (Å²) < 4.78 is 0. The zero-order valence-corrected chi connectivity index (χ0v) is 11.4. The topological polar surface area (TPSA) is 32.3 Å². The number of thioether (sulfide) groups is 1. The second-order valence-corrected chi connectivity index (χ2v) is 6.18. The van der Waals surface area contributed by atoms with Gasteiger partial charge in [-0.1, -0.05) is 19.1 Å². The van der Waals surface area contributed by atoms with Crippen molar-refractivity contribution >= 4 is 23.4 Å². The first-order chi connectivity index (χ1) is 8.77. The molecule has 2 heterocycles. The van der Waals surface area contributed by atoms with Gasteiger partial charge >= 0.3 is 0 Å². The highest BCUT2D eigenvalue weighted by Gasteiger charge is 2.34. The standard InChI is InChI=1S/C14H18N2OS/c1-10-8-15-9-11(10)14(17)16-6-7-18-13-5-3-2-4-12(13)16/h2-5,10-11,15H,6-9H2,1H3/t10-,11-/m1/s1. The molecule has 4 heteroatoms. The molecule has 0 bridgehead atoms. The van der Waals surface area contributed by atoms with E-state index in [4.69, 9.17) is 0 Å². The Morgan fingerprint density at radius 1 is 1.39 bits per heavy atom. The fourth-order valence-corrected chi connectivity index (χ4v) is 3.73. The van der Waals surface area contributed by atoms with Gasteiger partial charge in [0.1, 0.15) is 0 Å². The summed E-state index contributed by atoms with van der Waals surface area (Å²) in [5, 5.41) is 3.31. The van der Waals surface area contributed by atoms with Gasteiger partial charge in [0.15, 0.2) is 0 Å². The molecular formula is C14H18N2OS. The summed E-state index contributed by atoms with van der Waals surface area (Å²) in [4.78, 5) is 15.9. The minimum atomic E-state index is 0.140. The maximum absolute atomic E-state index is 12.7. The monoisotopic (exact) mass is 262 g/mol. The third kappa shape index (κ3) is 2.04. The molecule has 1 aromatic carbocycles. The number of benzene rings is 1. The largest absolute Gasteiger partial charge is 0.316 e. The number of nitrogens with zero attached hydrogens (tertiary/aromatic N) is 1. The van der Waals surface area contributed by atoms with Gasteiger partial charge in [0, 0.05) is 23.7 Å². The molecule has 1 saturated heterocycles. The van der Waals surface area contributed by atoms with Gasteiger partial charge in [-0.2, -0.15) is 0 Å². The Labute approximate surface area is 112 Å². The van der Waals surface area contributed by atoms with E-state index in [-0.39, 0.29) is 5.92 Å². The quantitative estimate of drug-likeness (QED) is 0.840. The molecule has 1 fully saturated rings. The van der Waals surface area contributed by atoms with Crippen molar-refractivity contribution in [1.82, 2.24) is 5.32 Å². The number of rotatable bonds is 1. The van der Waals surface area contributed by atoms with Crippen LogP contribution in [-0.4, -0.2) is 31.3 Å². The molecular weight excluding hydrogens is 244 g/mol. The lowest BCUT2D eigenvalue weighted by molar-refractivity contribution is -0.122. The molecule has 3 rings (SSSR count). The van der Waals surface area contributed by atoms with Gasteiger partial charge in [-0.25, -0.2) is 0 Å². The maximum atomic E-state index is 12.7. The van der Waals surface area contributed by atoms with E-state index in [0.717, 1.165) is 31.1 Å². The van der Waals surface area contributed by atoms with Crippen molar-refractivity contribution in [3.63, 3.8) is 0 Å². The zero-order valence-electron chi connectivity index (χ0n) is 10.6. The molecule has 3 nitrogen and oxygen atoms in total. The van der Waals surface area contributed by atoms with Crippen molar-refractivity contribution < 1.29 is 4.79 Å². The molecule has 0 aromatic heterocycles. The van der Waals surface area contributed by atoms with E-state index in [9.17, 15) is 4.79 Å². The summed E-state index contributed by atoms with van der Waals surface area (Å²) in [5.74, 6) is 1.87. The summed E-state index contributed by atoms with van der Waals surface area (Å²) in [7, 11) is 0. The number of hydrogen-bond acceptors (Lipinski definition) is 3. The van der Waals surface area contributed by atoms with Crippen LogP contribution in [0.3, 0.4) is 0 Å². The lowest BCUT2D eigenvalue weighted by Gasteiger charge is -2.31. The van der Waals surface area contributed by atoms with E-state index in [1.54, 1.807) is 0 Å². The third-order valence-corrected chi connectivity index (χ3v) is 4.87. The van der Waals surface area contributed by atoms with Gasteiger partial charge in [-0.15, -0.1) is 11.8 Å². The van der Waals surface area contributed by atoms with E-state index in [0.29, 0.717) is 11.8 Å². The summed E-state index contributed by atoms with van der Waals surface area (Å²) in [6, 6.07) is 8.23. The highest BCUT2D eigenvalue weighted by atomic mass is 32.2. The van der Waals surface area contributed by atoms with Crippen LogP contribution in [0.2, 0.25) is 0 Å². The molecule has 0 radical (unpaired) electrons. The van der Waals surface area contributed by atoms with E-state index < -0.39 is 0 Å². The molecule has 1 amide bonds. The van der Waals surface area contributed by atoms with Crippen molar-refractivity contribution in [2.45, 2.75) is 11.8 Å². The van der Waals surface area contributed by atoms with Gasteiger partial charge in [0.25, 0.3) is 0 Å². The van der Waals surface area contributed by atoms with E-state index >= 15 is 0 Å². The van der Waals surface area contributed by atoms with E-state index in [2.05, 4.69) is 24.4 Å². The Hall–Kier alpha value is -1.00. The maximum Gasteiger partial charge on any atom is 0.231 e. The molecule has 1 aromatic rings. The van der Waals surface area contributed by atoms with Crippen molar-refractivity contribution in [2.24, 2.45) is 11.8 Å². The van der Waals surface area contributed by atoms with Crippen molar-refractivity contribution in [2.75, 3.05) is 30.3 Å². The predicted molar refractivity (Wildman–Crippen MR) is 75.0 cm³/mol. The van der Waals surface area contributed by atoms with Gasteiger partial charge < -0.3 is 10.2 Å². The van der Waals surface area contributed by atoms with Gasteiger partial charge in [-0.05, 0) is 24.6 Å². The summed E-state index contributed by atoms with van der Waals surface area (Å²) in [6.45, 7) is 4.78. The summed E-state index contributed by atoms with van der Waals surface area (Å²) in [6.07, 6.45) is 0. The number of carbonyl (C=O) groups excluding carboxylic acids is 1. The fourth-order valence-electron chi connectivity index (χ4n) is 2.74. The molecule has 0 spiro atoms. The predicted octanol–water partition coefficient (Wildman–Crippen LogP) is 1.98. The molecule has 2 atom stereocenters. The van der Waals surface area contributed by atoms with Crippen LogP contribution in [0.5, 0.6) is 0 Å². The molecule has 2 aliphatic rings. The summed E-state index contributed by atoms with van der Waals surface area (Å²) in [5.41, 5.74) is 1.10. The number of para-hydroxylation sites is 1. The van der Waals surface area contributed by atoms with Crippen LogP contribution in [0.15, 0.2) is 29.2 Å². The van der Waals surface area contributed by atoms with Crippen LogP contribution >= 0.6 is 11.8 Å². The van der Waals surface area contributed by atoms with Crippen LogP contribution in [0.1, 0.15) is 6.92 Å². The second-order valence-electron chi connectivity index (χ2n) is 5.05. The Morgan fingerprint density at radius 2 is 2.22 bits per heavy atom. The minimum absolute atomic E-state index is 0.140. The van der Waals surface area contributed by atoms with Gasteiger partial charge in [-0.3, -0.25) is 4.79 Å². The Morgan fingerprint density at radius 3 is 3.00 bits per heavy atom.